The Labute approximate surface area is 439 Å². The van der Waals surface area contributed by atoms with Gasteiger partial charge in [-0.05, 0) is 44.9 Å². The summed E-state index contributed by atoms with van der Waals surface area (Å²) in [6.07, 6.45) is 74.1. The van der Waals surface area contributed by atoms with Crippen LogP contribution in [0, 0.1) is 0 Å². The van der Waals surface area contributed by atoms with Crippen LogP contribution in [0.25, 0.3) is 0 Å². The lowest BCUT2D eigenvalue weighted by molar-refractivity contribution is -0.155. The fourth-order valence-electron chi connectivity index (χ4n) is 9.96. The molecule has 0 heterocycles. The van der Waals surface area contributed by atoms with Crippen LogP contribution in [0.15, 0.2) is 12.2 Å². The monoisotopic (exact) mass is 987 g/mol. The zero-order valence-electron chi connectivity index (χ0n) is 48.1. The molecule has 1 atom stereocenters. The Morgan fingerprint density at radius 1 is 0.286 bits per heavy atom. The molecule has 0 amide bonds. The van der Waals surface area contributed by atoms with Crippen LogP contribution in [0.1, 0.15) is 367 Å². The molecule has 70 heavy (non-hydrogen) atoms. The van der Waals surface area contributed by atoms with Crippen molar-refractivity contribution < 1.29 is 23.8 Å². The van der Waals surface area contributed by atoms with E-state index in [1.54, 1.807) is 0 Å². The van der Waals surface area contributed by atoms with Gasteiger partial charge in [-0.15, -0.1) is 0 Å². The van der Waals surface area contributed by atoms with Crippen molar-refractivity contribution in [2.24, 2.45) is 0 Å². The molecule has 0 bridgehead atoms. The van der Waals surface area contributed by atoms with E-state index in [0.717, 1.165) is 38.5 Å². The molecule has 0 fully saturated rings. The third-order valence-electron chi connectivity index (χ3n) is 14.8. The molecule has 0 rings (SSSR count). The maximum Gasteiger partial charge on any atom is 0.305 e. The van der Waals surface area contributed by atoms with E-state index in [1.807, 2.05) is 0 Å². The topological polar surface area (TPSA) is 61.8 Å². The summed E-state index contributed by atoms with van der Waals surface area (Å²) in [7, 11) is 0. The van der Waals surface area contributed by atoms with Gasteiger partial charge in [-0.1, -0.05) is 322 Å². The Morgan fingerprint density at radius 3 is 0.757 bits per heavy atom. The lowest BCUT2D eigenvalue weighted by atomic mass is 10.0. The smallest absolute Gasteiger partial charge is 0.305 e. The molecular formula is C65H126O5. The van der Waals surface area contributed by atoms with Crippen LogP contribution in [0.5, 0.6) is 0 Å². The Bertz CT molecular complexity index is 1030. The highest BCUT2D eigenvalue weighted by molar-refractivity contribution is 5.69. The fourth-order valence-corrected chi connectivity index (χ4v) is 9.96. The van der Waals surface area contributed by atoms with Crippen molar-refractivity contribution in [3.05, 3.63) is 12.2 Å². The van der Waals surface area contributed by atoms with Crippen molar-refractivity contribution in [3.63, 3.8) is 0 Å². The van der Waals surface area contributed by atoms with Crippen molar-refractivity contribution in [2.75, 3.05) is 19.8 Å². The number of hydrogen-bond donors (Lipinski definition) is 0. The number of carbonyl (C=O) groups excluding carboxylic acids is 2. The summed E-state index contributed by atoms with van der Waals surface area (Å²) in [5.41, 5.74) is 0. The second-order valence-corrected chi connectivity index (χ2v) is 22.0. The summed E-state index contributed by atoms with van der Waals surface area (Å²) in [6, 6.07) is 0. The molecule has 0 aliphatic heterocycles. The molecule has 0 spiro atoms. The van der Waals surface area contributed by atoms with Crippen molar-refractivity contribution in [1.29, 1.82) is 0 Å². The number of ether oxygens (including phenoxy) is 3. The van der Waals surface area contributed by atoms with Crippen LogP contribution < -0.4 is 0 Å². The highest BCUT2D eigenvalue weighted by Crippen LogP contribution is 2.18. The third kappa shape index (κ3) is 59.2. The van der Waals surface area contributed by atoms with Gasteiger partial charge >= 0.3 is 11.9 Å². The molecule has 416 valence electrons. The second-order valence-electron chi connectivity index (χ2n) is 22.0. The second kappa shape index (κ2) is 61.9. The van der Waals surface area contributed by atoms with E-state index in [9.17, 15) is 9.59 Å². The Kier molecular flexibility index (Phi) is 60.7. The first-order chi connectivity index (χ1) is 34.6. The van der Waals surface area contributed by atoms with Gasteiger partial charge in [-0.2, -0.15) is 0 Å². The molecule has 0 unspecified atom stereocenters. The zero-order valence-corrected chi connectivity index (χ0v) is 48.1. The van der Waals surface area contributed by atoms with Gasteiger partial charge in [0.1, 0.15) is 19.3 Å². The molecule has 0 N–H and O–H groups in total. The molecule has 0 aliphatic rings. The fraction of sp³-hybridized carbons (Fsp3) is 0.938. The van der Waals surface area contributed by atoms with Crippen LogP contribution >= 0.6 is 0 Å². The minimum Gasteiger partial charge on any atom is -0.463 e. The number of allylic oxidation sites excluding steroid dienone is 2. The Hall–Kier alpha value is -1.36. The van der Waals surface area contributed by atoms with Gasteiger partial charge < -0.3 is 14.2 Å². The average Bonchev–Trinajstić information content (AvgIpc) is 3.36. The summed E-state index contributed by atoms with van der Waals surface area (Å²) in [6.45, 7) is 7.82. The van der Waals surface area contributed by atoms with Crippen LogP contribution in [-0.2, 0) is 23.8 Å². The third-order valence-corrected chi connectivity index (χ3v) is 14.8. The van der Waals surface area contributed by atoms with Crippen molar-refractivity contribution in [3.8, 4) is 0 Å². The first-order valence-corrected chi connectivity index (χ1v) is 32.2. The van der Waals surface area contributed by atoms with E-state index >= 15 is 0 Å². The van der Waals surface area contributed by atoms with Gasteiger partial charge in [-0.3, -0.25) is 9.59 Å². The largest absolute Gasteiger partial charge is 0.463 e. The molecule has 0 radical (unpaired) electrons. The van der Waals surface area contributed by atoms with Crippen molar-refractivity contribution in [2.45, 2.75) is 374 Å². The van der Waals surface area contributed by atoms with E-state index < -0.39 is 6.10 Å². The van der Waals surface area contributed by atoms with E-state index in [-0.39, 0.29) is 25.2 Å². The number of hydrogen-bond acceptors (Lipinski definition) is 5. The normalized spacial score (nSPS) is 12.1. The molecule has 0 saturated carbocycles. The summed E-state index contributed by atoms with van der Waals surface area (Å²) >= 11 is 0. The van der Waals surface area contributed by atoms with E-state index in [4.69, 9.17) is 14.2 Å². The van der Waals surface area contributed by atoms with Gasteiger partial charge in [0.2, 0.25) is 0 Å². The van der Waals surface area contributed by atoms with Crippen LogP contribution in [0.2, 0.25) is 0 Å². The molecule has 0 aliphatic carbocycles. The lowest BCUT2D eigenvalue weighted by Crippen LogP contribution is -2.29. The Morgan fingerprint density at radius 2 is 0.500 bits per heavy atom. The first kappa shape index (κ1) is 68.6. The molecule has 0 aromatic heterocycles. The van der Waals surface area contributed by atoms with Crippen LogP contribution in [-0.4, -0.2) is 37.9 Å². The number of rotatable bonds is 61. The highest BCUT2D eigenvalue weighted by atomic mass is 16.6. The summed E-state index contributed by atoms with van der Waals surface area (Å²) in [4.78, 5) is 25.4. The minimum absolute atomic E-state index is 0.152. The number of esters is 2. The first-order valence-electron chi connectivity index (χ1n) is 32.2. The lowest BCUT2D eigenvalue weighted by Gasteiger charge is -2.18. The van der Waals surface area contributed by atoms with Gasteiger partial charge in [0.25, 0.3) is 0 Å². The van der Waals surface area contributed by atoms with Gasteiger partial charge in [0, 0.05) is 19.4 Å². The molecule has 0 saturated heterocycles. The van der Waals surface area contributed by atoms with Gasteiger partial charge in [-0.25, -0.2) is 0 Å². The molecule has 5 heteroatoms. The van der Waals surface area contributed by atoms with Gasteiger partial charge in [0.05, 0.1) is 0 Å². The standard InChI is InChI=1S/C65H126O5/c1-4-7-10-13-16-19-22-25-28-31-33-35-37-40-43-46-49-52-55-58-64(66)69-61-63(68-60-57-54-51-48-45-42-39-30-27-24-21-18-15-12-9-6-3)62-70-65(67)59-56-53-50-47-44-41-38-36-34-32-29-26-23-20-17-14-11-8-5-2/h25,28,63H,4-24,26-27,29-62H2,1-3H3/b28-25-/t63-/m1/s1. The maximum absolute atomic E-state index is 12.7. The highest BCUT2D eigenvalue weighted by Gasteiger charge is 2.16. The van der Waals surface area contributed by atoms with Crippen molar-refractivity contribution in [1.82, 2.24) is 0 Å². The summed E-state index contributed by atoms with van der Waals surface area (Å²) < 4.78 is 17.6. The number of carbonyl (C=O) groups is 2. The quantitative estimate of drug-likeness (QED) is 0.0345. The van der Waals surface area contributed by atoms with Crippen LogP contribution in [0.4, 0.5) is 0 Å². The Balaban J connectivity index is 4.18. The van der Waals surface area contributed by atoms with E-state index in [0.29, 0.717) is 19.4 Å². The molecular weight excluding hydrogens is 861 g/mol. The average molecular weight is 988 g/mol. The molecule has 0 aromatic rings. The summed E-state index contributed by atoms with van der Waals surface area (Å²) in [5.74, 6) is -0.307. The minimum atomic E-state index is -0.393. The molecule has 5 nitrogen and oxygen atoms in total. The maximum atomic E-state index is 12.7. The summed E-state index contributed by atoms with van der Waals surface area (Å²) in [5, 5.41) is 0. The van der Waals surface area contributed by atoms with Crippen molar-refractivity contribution >= 4 is 11.9 Å². The van der Waals surface area contributed by atoms with Crippen LogP contribution in [0.3, 0.4) is 0 Å². The molecule has 0 aromatic carbocycles. The SMILES string of the molecule is CCCCCCCC/C=C\CCCCCCCCCCCC(=O)OC[C@H](COC(=O)CCCCCCCCCCCCCCCCCCCCC)OCCCCCCCCCCCCCCCCCC. The number of unbranched alkanes of at least 4 members (excludes halogenated alkanes) is 48. The predicted octanol–water partition coefficient (Wildman–Crippen LogP) is 22.1. The predicted molar refractivity (Wildman–Crippen MR) is 307 cm³/mol. The zero-order chi connectivity index (χ0) is 50.6. The van der Waals surface area contributed by atoms with E-state index in [2.05, 4.69) is 32.9 Å². The van der Waals surface area contributed by atoms with Gasteiger partial charge in [0.15, 0.2) is 0 Å². The van der Waals surface area contributed by atoms with E-state index in [1.165, 1.54) is 295 Å².